The van der Waals surface area contributed by atoms with E-state index in [-0.39, 0.29) is 0 Å². The molecule has 0 aromatic heterocycles. The van der Waals surface area contributed by atoms with Crippen molar-refractivity contribution in [1.82, 2.24) is 0 Å². The molecule has 10 heteroatoms. The molecular formula is C32H38O8Si2. The molecule has 0 aliphatic heterocycles. The van der Waals surface area contributed by atoms with Gasteiger partial charge in [-0.3, -0.25) is 0 Å². The van der Waals surface area contributed by atoms with Gasteiger partial charge in [-0.2, -0.15) is 0 Å². The SMILES string of the molecule is COc1ccc2cc(/C=C/[Si](OC)(OC)OC)ccc2c1-c1c(OC)ccc2cc(/C=C/[Si](OC)(OC)OC)ccc12. The number of rotatable bonds is 13. The van der Waals surface area contributed by atoms with Crippen LogP contribution in [0.4, 0.5) is 0 Å². The Hall–Kier alpha value is -3.33. The number of hydrogen-bond acceptors (Lipinski definition) is 8. The van der Waals surface area contributed by atoms with E-state index in [1.807, 2.05) is 35.7 Å². The first-order chi connectivity index (χ1) is 20.4. The standard InChI is InChI=1S/C32H38O8Si2/c1-33-29-15-11-25-21-23(17-19-41(35-3,36-4)37-5)9-13-27(25)31(29)32-28-14-10-24(18-20-42(38-6,39-7)40-8)22-26(28)12-16-30(32)34-2/h9-22H,1-8H3/b19-17+,20-18+. The van der Waals surface area contributed by atoms with Crippen LogP contribution in [-0.4, -0.2) is 74.5 Å². The van der Waals surface area contributed by atoms with Gasteiger partial charge < -0.3 is 36.0 Å². The van der Waals surface area contributed by atoms with E-state index in [4.69, 9.17) is 36.0 Å². The Kier molecular flexibility index (Phi) is 10.4. The molecule has 0 saturated carbocycles. The lowest BCUT2D eigenvalue weighted by Crippen LogP contribution is -2.40. The molecule has 8 nitrogen and oxygen atoms in total. The fourth-order valence-corrected chi connectivity index (χ4v) is 7.63. The summed E-state index contributed by atoms with van der Waals surface area (Å²) in [5.41, 5.74) is 7.63. The summed E-state index contributed by atoms with van der Waals surface area (Å²) in [7, 11) is 7.20. The minimum Gasteiger partial charge on any atom is -0.496 e. The van der Waals surface area contributed by atoms with Crippen LogP contribution in [0.5, 0.6) is 11.5 Å². The molecule has 4 aromatic rings. The summed E-state index contributed by atoms with van der Waals surface area (Å²) in [4.78, 5) is 0. The van der Waals surface area contributed by atoms with Crippen LogP contribution in [0.1, 0.15) is 11.1 Å². The van der Waals surface area contributed by atoms with Crippen LogP contribution in [0.2, 0.25) is 0 Å². The Morgan fingerprint density at radius 2 is 0.810 bits per heavy atom. The normalized spacial score (nSPS) is 12.7. The predicted octanol–water partition coefficient (Wildman–Crippen LogP) is 6.54. The third kappa shape index (κ3) is 6.21. The van der Waals surface area contributed by atoms with Crippen LogP contribution in [-0.2, 0) is 26.6 Å². The molecule has 0 radical (unpaired) electrons. The van der Waals surface area contributed by atoms with Crippen LogP contribution >= 0.6 is 0 Å². The van der Waals surface area contributed by atoms with E-state index in [9.17, 15) is 0 Å². The first-order valence-corrected chi connectivity index (χ1v) is 16.9. The molecule has 0 atom stereocenters. The average molecular weight is 607 g/mol. The summed E-state index contributed by atoms with van der Waals surface area (Å²) in [6, 6.07) is 20.6. The summed E-state index contributed by atoms with van der Waals surface area (Å²) in [6.07, 6.45) is 3.93. The van der Waals surface area contributed by atoms with Crippen molar-refractivity contribution in [3.8, 4) is 22.6 Å². The topological polar surface area (TPSA) is 73.8 Å². The van der Waals surface area contributed by atoms with Gasteiger partial charge in [0.05, 0.1) is 14.2 Å². The van der Waals surface area contributed by atoms with E-state index in [1.54, 1.807) is 56.9 Å². The molecule has 0 aliphatic rings. The monoisotopic (exact) mass is 606 g/mol. The van der Waals surface area contributed by atoms with Crippen LogP contribution in [0.3, 0.4) is 0 Å². The maximum Gasteiger partial charge on any atom is 0.528 e. The van der Waals surface area contributed by atoms with Crippen molar-refractivity contribution in [2.45, 2.75) is 0 Å². The number of fused-ring (bicyclic) bond motifs is 2. The van der Waals surface area contributed by atoms with Crippen LogP contribution in [0.25, 0.3) is 44.8 Å². The Morgan fingerprint density at radius 3 is 1.12 bits per heavy atom. The van der Waals surface area contributed by atoms with E-state index in [0.29, 0.717) is 0 Å². The van der Waals surface area contributed by atoms with E-state index >= 15 is 0 Å². The lowest BCUT2D eigenvalue weighted by molar-refractivity contribution is 0.138. The molecule has 0 bridgehead atoms. The fraction of sp³-hybridized carbons (Fsp3) is 0.250. The second-order valence-electron chi connectivity index (χ2n) is 9.35. The van der Waals surface area contributed by atoms with Crippen LogP contribution in [0, 0.1) is 0 Å². The summed E-state index contributed by atoms with van der Waals surface area (Å²) < 4.78 is 45.0. The highest BCUT2D eigenvalue weighted by Gasteiger charge is 2.35. The van der Waals surface area contributed by atoms with E-state index in [1.165, 1.54) is 0 Å². The third-order valence-electron chi connectivity index (χ3n) is 7.37. The summed E-state index contributed by atoms with van der Waals surface area (Å²) in [5, 5.41) is 4.16. The Balaban J connectivity index is 1.87. The highest BCUT2D eigenvalue weighted by atomic mass is 28.4. The molecule has 0 spiro atoms. The molecule has 42 heavy (non-hydrogen) atoms. The number of hydrogen-bond donors (Lipinski definition) is 0. The van der Waals surface area contributed by atoms with Crippen LogP contribution < -0.4 is 9.47 Å². The van der Waals surface area contributed by atoms with Gasteiger partial charge in [0.25, 0.3) is 0 Å². The van der Waals surface area contributed by atoms with Gasteiger partial charge in [-0.25, -0.2) is 0 Å². The van der Waals surface area contributed by atoms with Gasteiger partial charge in [-0.1, -0.05) is 48.6 Å². The smallest absolute Gasteiger partial charge is 0.496 e. The molecule has 4 rings (SSSR count). The summed E-state index contributed by atoms with van der Waals surface area (Å²) in [5.74, 6) is 1.50. The molecule has 0 unspecified atom stereocenters. The predicted molar refractivity (Wildman–Crippen MR) is 172 cm³/mol. The van der Waals surface area contributed by atoms with Gasteiger partial charge in [0.1, 0.15) is 11.5 Å². The van der Waals surface area contributed by atoms with Gasteiger partial charge in [-0.05, 0) is 68.3 Å². The third-order valence-corrected chi connectivity index (χ3v) is 11.9. The maximum atomic E-state index is 5.90. The Labute approximate surface area is 249 Å². The maximum absolute atomic E-state index is 5.90. The van der Waals surface area contributed by atoms with Crippen molar-refractivity contribution in [2.75, 3.05) is 56.9 Å². The van der Waals surface area contributed by atoms with E-state index in [2.05, 4.69) is 48.5 Å². The zero-order valence-electron chi connectivity index (χ0n) is 25.3. The summed E-state index contributed by atoms with van der Waals surface area (Å²) >= 11 is 0. The van der Waals surface area contributed by atoms with Crippen molar-refractivity contribution in [1.29, 1.82) is 0 Å². The van der Waals surface area contributed by atoms with Gasteiger partial charge in [0.15, 0.2) is 0 Å². The lowest BCUT2D eigenvalue weighted by atomic mass is 9.91. The molecule has 0 N–H and O–H groups in total. The van der Waals surface area contributed by atoms with Crippen molar-refractivity contribution in [2.24, 2.45) is 0 Å². The van der Waals surface area contributed by atoms with Crippen molar-refractivity contribution < 1.29 is 36.0 Å². The largest absolute Gasteiger partial charge is 0.528 e. The van der Waals surface area contributed by atoms with Gasteiger partial charge in [0.2, 0.25) is 0 Å². The first kappa shape index (κ1) is 31.6. The molecule has 4 aromatic carbocycles. The molecule has 0 amide bonds. The first-order valence-electron chi connectivity index (χ1n) is 13.3. The van der Waals surface area contributed by atoms with Crippen LogP contribution in [0.15, 0.2) is 72.1 Å². The molecule has 0 fully saturated rings. The van der Waals surface area contributed by atoms with E-state index in [0.717, 1.165) is 55.3 Å². The minimum atomic E-state index is -2.86. The average Bonchev–Trinajstić information content (AvgIpc) is 3.05. The second kappa shape index (κ2) is 13.8. The highest BCUT2D eigenvalue weighted by Crippen LogP contribution is 2.45. The van der Waals surface area contributed by atoms with E-state index < -0.39 is 17.6 Å². The van der Waals surface area contributed by atoms with Gasteiger partial charge in [-0.15, -0.1) is 0 Å². The molecular weight excluding hydrogens is 569 g/mol. The zero-order valence-corrected chi connectivity index (χ0v) is 27.3. The Bertz CT molecular complexity index is 1460. The molecule has 0 aliphatic carbocycles. The van der Waals surface area contributed by atoms with Crippen molar-refractivity contribution in [3.63, 3.8) is 0 Å². The molecule has 0 heterocycles. The Morgan fingerprint density at radius 1 is 0.452 bits per heavy atom. The minimum absolute atomic E-state index is 0.751. The number of methoxy groups -OCH3 is 2. The zero-order chi connectivity index (χ0) is 30.3. The van der Waals surface area contributed by atoms with Crippen molar-refractivity contribution >= 4 is 51.3 Å². The quantitative estimate of drug-likeness (QED) is 0.159. The number of benzene rings is 4. The summed E-state index contributed by atoms with van der Waals surface area (Å²) in [6.45, 7) is 0. The number of ether oxygens (including phenoxy) is 2. The van der Waals surface area contributed by atoms with Gasteiger partial charge >= 0.3 is 17.6 Å². The lowest BCUT2D eigenvalue weighted by Gasteiger charge is -2.20. The second-order valence-corrected chi connectivity index (χ2v) is 14.9. The van der Waals surface area contributed by atoms with Gasteiger partial charge in [0, 0.05) is 53.8 Å². The van der Waals surface area contributed by atoms with Crippen molar-refractivity contribution in [3.05, 3.63) is 83.2 Å². The fourth-order valence-electron chi connectivity index (χ4n) is 5.02. The molecule has 222 valence electrons. The molecule has 0 saturated heterocycles. The highest BCUT2D eigenvalue weighted by molar-refractivity contribution is 6.67.